The number of benzene rings is 9. The van der Waals surface area contributed by atoms with E-state index in [0.717, 1.165) is 66.6 Å². The number of furan rings is 2. The maximum absolute atomic E-state index is 6.57. The molecule has 4 heterocycles. The van der Waals surface area contributed by atoms with Crippen molar-refractivity contribution in [3.05, 3.63) is 194 Å². The number of hydrogen-bond donors (Lipinski definition) is 0. The van der Waals surface area contributed by atoms with E-state index in [1.165, 1.54) is 53.9 Å². The average molecular weight is 773 g/mol. The molecule has 5 heteroatoms. The lowest BCUT2D eigenvalue weighted by Crippen LogP contribution is -2.15. The molecule has 1 aliphatic heterocycles. The lowest BCUT2D eigenvalue weighted by atomic mass is 9.98. The number of fused-ring (bicyclic) bond motifs is 11. The third-order valence-corrected chi connectivity index (χ3v) is 13.1. The minimum absolute atomic E-state index is 0.893. The van der Waals surface area contributed by atoms with Gasteiger partial charge in [0.15, 0.2) is 5.58 Å². The molecule has 0 unspecified atom stereocenters. The minimum Gasteiger partial charge on any atom is -0.456 e. The Balaban J connectivity index is 0.923. The first-order valence-electron chi connectivity index (χ1n) is 19.9. The molecule has 0 N–H and O–H groups in total. The minimum atomic E-state index is 0.893. The summed E-state index contributed by atoms with van der Waals surface area (Å²) in [6.45, 7) is 0. The fraction of sp³-hybridized carbons (Fsp3) is 0. The van der Waals surface area contributed by atoms with E-state index in [-0.39, 0.29) is 0 Å². The Morgan fingerprint density at radius 2 is 0.949 bits per heavy atom. The average Bonchev–Trinajstić information content (AvgIpc) is 3.97. The molecule has 0 amide bonds. The molecule has 0 atom stereocenters. The topological polar surface area (TPSA) is 34.5 Å². The van der Waals surface area contributed by atoms with Gasteiger partial charge >= 0.3 is 0 Å². The molecule has 59 heavy (non-hydrogen) atoms. The fourth-order valence-electron chi connectivity index (χ4n) is 9.26. The summed E-state index contributed by atoms with van der Waals surface area (Å²) in [6, 6.07) is 69.7. The summed E-state index contributed by atoms with van der Waals surface area (Å²) in [6.07, 6.45) is 0. The zero-order chi connectivity index (χ0) is 38.6. The van der Waals surface area contributed by atoms with Gasteiger partial charge in [-0.3, -0.25) is 0 Å². The van der Waals surface area contributed by atoms with Crippen molar-refractivity contribution in [1.29, 1.82) is 0 Å². The van der Waals surface area contributed by atoms with Crippen molar-refractivity contribution in [3.8, 4) is 27.9 Å². The van der Waals surface area contributed by atoms with Gasteiger partial charge in [0, 0.05) is 47.8 Å². The van der Waals surface area contributed by atoms with Crippen LogP contribution in [-0.2, 0) is 0 Å². The number of nitrogens with zero attached hydrogens (tertiary/aromatic N) is 2. The Hall–Kier alpha value is -7.47. The van der Waals surface area contributed by atoms with E-state index in [1.807, 2.05) is 30.0 Å². The number of anilines is 3. The monoisotopic (exact) mass is 772 g/mol. The molecule has 0 radical (unpaired) electrons. The first kappa shape index (κ1) is 32.6. The number of aromatic nitrogens is 1. The van der Waals surface area contributed by atoms with Gasteiger partial charge in [0.25, 0.3) is 0 Å². The molecule has 4 nitrogen and oxygen atoms in total. The predicted molar refractivity (Wildman–Crippen MR) is 245 cm³/mol. The zero-order valence-electron chi connectivity index (χ0n) is 31.6. The third-order valence-electron chi connectivity index (χ3n) is 12.0. The smallest absolute Gasteiger partial charge is 0.159 e. The molecule has 0 spiro atoms. The molecular weight excluding hydrogens is 741 g/mol. The first-order chi connectivity index (χ1) is 29.2. The van der Waals surface area contributed by atoms with Crippen LogP contribution in [0, 0.1) is 0 Å². The highest BCUT2D eigenvalue weighted by molar-refractivity contribution is 7.99. The van der Waals surface area contributed by atoms with Gasteiger partial charge in [-0.25, -0.2) is 0 Å². The van der Waals surface area contributed by atoms with Gasteiger partial charge in [0.2, 0.25) is 0 Å². The van der Waals surface area contributed by atoms with Crippen LogP contribution >= 0.6 is 11.8 Å². The Labute approximate surface area is 343 Å². The van der Waals surface area contributed by atoms with Crippen LogP contribution in [0.1, 0.15) is 0 Å². The predicted octanol–water partition coefficient (Wildman–Crippen LogP) is 15.9. The molecule has 276 valence electrons. The van der Waals surface area contributed by atoms with E-state index in [2.05, 4.69) is 185 Å². The van der Waals surface area contributed by atoms with Crippen LogP contribution in [0.5, 0.6) is 0 Å². The summed E-state index contributed by atoms with van der Waals surface area (Å²) in [7, 11) is 0. The fourth-order valence-corrected chi connectivity index (χ4v) is 10.4. The van der Waals surface area contributed by atoms with Crippen LogP contribution in [0.2, 0.25) is 0 Å². The standard InChI is InChI=1S/C54H32N2O2S/c1-4-17-44-38(13-1)39-26-23-35(30-48(39)55(44)37-25-28-51-43(32-37)41-15-3-6-20-49(41)57-51)33-11-9-12-34(29-33)36-24-27-46-53(31-36)59-52-22-8-5-18-45(52)56(46)47-19-10-16-42-40-14-2-7-21-50(40)58-54(42)47/h1-32H. The van der Waals surface area contributed by atoms with Gasteiger partial charge < -0.3 is 18.3 Å². The van der Waals surface area contributed by atoms with Crippen molar-refractivity contribution >= 4 is 94.5 Å². The Morgan fingerprint density at radius 1 is 0.339 bits per heavy atom. The third kappa shape index (κ3) is 4.92. The van der Waals surface area contributed by atoms with Crippen LogP contribution in [0.3, 0.4) is 0 Å². The van der Waals surface area contributed by atoms with E-state index in [4.69, 9.17) is 8.83 Å². The molecule has 0 aliphatic carbocycles. The highest BCUT2D eigenvalue weighted by Crippen LogP contribution is 2.54. The molecule has 12 aromatic rings. The van der Waals surface area contributed by atoms with Gasteiger partial charge in [-0.1, -0.05) is 127 Å². The van der Waals surface area contributed by atoms with Gasteiger partial charge in [-0.05, 0) is 101 Å². The summed E-state index contributed by atoms with van der Waals surface area (Å²) >= 11 is 1.82. The second kappa shape index (κ2) is 12.5. The largest absolute Gasteiger partial charge is 0.456 e. The van der Waals surface area contributed by atoms with E-state index in [0.29, 0.717) is 0 Å². The highest BCUT2D eigenvalue weighted by atomic mass is 32.2. The summed E-state index contributed by atoms with van der Waals surface area (Å²) in [5.41, 5.74) is 15.1. The Morgan fingerprint density at radius 3 is 1.83 bits per heavy atom. The molecule has 0 fully saturated rings. The molecular formula is C54H32N2O2S. The second-order valence-corrected chi connectivity index (χ2v) is 16.4. The van der Waals surface area contributed by atoms with E-state index < -0.39 is 0 Å². The van der Waals surface area contributed by atoms with Crippen molar-refractivity contribution in [2.75, 3.05) is 4.90 Å². The van der Waals surface area contributed by atoms with Crippen LogP contribution in [0.25, 0.3) is 93.6 Å². The zero-order valence-corrected chi connectivity index (χ0v) is 32.4. The van der Waals surface area contributed by atoms with Gasteiger partial charge in [-0.15, -0.1) is 0 Å². The first-order valence-corrected chi connectivity index (χ1v) is 20.7. The quantitative estimate of drug-likeness (QED) is 0.178. The summed E-state index contributed by atoms with van der Waals surface area (Å²) in [4.78, 5) is 4.78. The molecule has 0 saturated carbocycles. The van der Waals surface area contributed by atoms with Crippen molar-refractivity contribution in [2.24, 2.45) is 0 Å². The van der Waals surface area contributed by atoms with Crippen molar-refractivity contribution in [2.45, 2.75) is 9.79 Å². The van der Waals surface area contributed by atoms with Gasteiger partial charge in [-0.2, -0.15) is 0 Å². The lowest BCUT2D eigenvalue weighted by molar-refractivity contribution is 0.668. The molecule has 0 bridgehead atoms. The van der Waals surface area contributed by atoms with Crippen LogP contribution in [0.4, 0.5) is 17.1 Å². The SMILES string of the molecule is c1cc(-c2ccc3c(c2)Sc2ccccc2N3c2cccc3c2oc2ccccc23)cc(-c2ccc3c4ccccc4n(-c4ccc5oc6ccccc6c5c4)c3c2)c1. The molecule has 9 aromatic carbocycles. The van der Waals surface area contributed by atoms with Crippen molar-refractivity contribution < 1.29 is 8.83 Å². The van der Waals surface area contributed by atoms with Crippen LogP contribution in [0.15, 0.2) is 213 Å². The maximum Gasteiger partial charge on any atom is 0.159 e. The Bertz CT molecular complexity index is 3680. The van der Waals surface area contributed by atoms with E-state index >= 15 is 0 Å². The number of hydrogen-bond acceptors (Lipinski definition) is 4. The lowest BCUT2D eigenvalue weighted by Gasteiger charge is -2.33. The van der Waals surface area contributed by atoms with Gasteiger partial charge in [0.05, 0.1) is 28.1 Å². The van der Waals surface area contributed by atoms with Crippen molar-refractivity contribution in [1.82, 2.24) is 4.57 Å². The summed E-state index contributed by atoms with van der Waals surface area (Å²) in [5, 5.41) is 6.96. The van der Waals surface area contributed by atoms with Crippen molar-refractivity contribution in [3.63, 3.8) is 0 Å². The molecule has 0 saturated heterocycles. The summed E-state index contributed by atoms with van der Waals surface area (Å²) in [5.74, 6) is 0. The van der Waals surface area contributed by atoms with Crippen LogP contribution < -0.4 is 4.90 Å². The van der Waals surface area contributed by atoms with E-state index in [9.17, 15) is 0 Å². The molecule has 13 rings (SSSR count). The highest BCUT2D eigenvalue weighted by Gasteiger charge is 2.28. The normalized spacial score (nSPS) is 12.6. The number of para-hydroxylation sites is 5. The van der Waals surface area contributed by atoms with Gasteiger partial charge in [0.1, 0.15) is 16.7 Å². The number of rotatable bonds is 4. The second-order valence-electron chi connectivity index (χ2n) is 15.3. The summed E-state index contributed by atoms with van der Waals surface area (Å²) < 4.78 is 15.2. The Kier molecular flexibility index (Phi) is 6.91. The maximum atomic E-state index is 6.57. The van der Waals surface area contributed by atoms with Crippen LogP contribution in [-0.4, -0.2) is 4.57 Å². The molecule has 3 aromatic heterocycles. The van der Waals surface area contributed by atoms with E-state index in [1.54, 1.807) is 0 Å². The molecule has 1 aliphatic rings.